The highest BCUT2D eigenvalue weighted by Gasteiger charge is 2.15. The zero-order valence-electron chi connectivity index (χ0n) is 7.96. The average molecular weight is 196 g/mol. The molecule has 1 rings (SSSR count). The molecule has 0 spiro atoms. The molecule has 0 aliphatic rings. The van der Waals surface area contributed by atoms with E-state index in [1.807, 2.05) is 0 Å². The molecule has 0 saturated heterocycles. The molecule has 2 heteroatoms. The van der Waals surface area contributed by atoms with Gasteiger partial charge in [-0.3, -0.25) is 0 Å². The van der Waals surface area contributed by atoms with Crippen LogP contribution in [0.25, 0.3) is 0 Å². The lowest BCUT2D eigenvalue weighted by Crippen LogP contribution is -2.37. The lowest BCUT2D eigenvalue weighted by atomic mass is 10.2. The van der Waals surface area contributed by atoms with Crippen molar-refractivity contribution in [2.45, 2.75) is 25.4 Å². The second kappa shape index (κ2) is 3.67. The predicted octanol–water partition coefficient (Wildman–Crippen LogP) is 2.66. The van der Waals surface area contributed by atoms with Crippen LogP contribution in [0.3, 0.4) is 0 Å². The van der Waals surface area contributed by atoms with Crippen LogP contribution in [0, 0.1) is 0 Å². The molecule has 0 fully saturated rings. The zero-order chi connectivity index (χ0) is 9.19. The van der Waals surface area contributed by atoms with Crippen LogP contribution in [0.4, 0.5) is 0 Å². The minimum atomic E-state index is -1.11. The van der Waals surface area contributed by atoms with E-state index >= 15 is 0 Å². The molecule has 0 bridgehead atoms. The van der Waals surface area contributed by atoms with Gasteiger partial charge in [0.1, 0.15) is 0 Å². The van der Waals surface area contributed by atoms with Gasteiger partial charge in [-0.05, 0) is 5.56 Å². The second-order valence-corrected chi connectivity index (χ2v) is 9.50. The molecule has 66 valence electrons. The molecule has 0 aliphatic carbocycles. The Hall–Kier alpha value is -0.213. The van der Waals surface area contributed by atoms with E-state index in [2.05, 4.69) is 56.5 Å². The quantitative estimate of drug-likeness (QED) is 0.546. The van der Waals surface area contributed by atoms with Gasteiger partial charge >= 0.3 is 0 Å². The molecule has 0 unspecified atom stereocenters. The van der Waals surface area contributed by atoms with Crippen LogP contribution in [0.15, 0.2) is 24.3 Å². The van der Waals surface area contributed by atoms with Crippen molar-refractivity contribution in [3.63, 3.8) is 0 Å². The number of hydrogen-bond donors (Lipinski definition) is 1. The number of hydrogen-bond acceptors (Lipinski definition) is 1. The van der Waals surface area contributed by atoms with Crippen LogP contribution >= 0.6 is 12.6 Å². The number of benzene rings is 1. The second-order valence-electron chi connectivity index (χ2n) is 4.11. The van der Waals surface area contributed by atoms with Crippen LogP contribution in [-0.4, -0.2) is 8.07 Å². The molecule has 0 aliphatic heterocycles. The summed E-state index contributed by atoms with van der Waals surface area (Å²) in [6, 6.07) is 8.80. The van der Waals surface area contributed by atoms with Gasteiger partial charge in [-0.15, -0.1) is 0 Å². The van der Waals surface area contributed by atoms with E-state index in [1.54, 1.807) is 0 Å². The Balaban J connectivity index is 3.02. The van der Waals surface area contributed by atoms with E-state index in [9.17, 15) is 0 Å². The molecule has 0 aromatic heterocycles. The topological polar surface area (TPSA) is 0 Å². The minimum absolute atomic E-state index is 0.846. The van der Waals surface area contributed by atoms with Crippen LogP contribution < -0.4 is 5.19 Å². The van der Waals surface area contributed by atoms with Crippen molar-refractivity contribution >= 4 is 25.9 Å². The van der Waals surface area contributed by atoms with E-state index < -0.39 is 8.07 Å². The van der Waals surface area contributed by atoms with E-state index in [0.717, 1.165) is 5.75 Å². The third kappa shape index (κ3) is 2.39. The minimum Gasteiger partial charge on any atom is -0.175 e. The van der Waals surface area contributed by atoms with Crippen LogP contribution in [-0.2, 0) is 5.75 Å². The van der Waals surface area contributed by atoms with E-state index in [4.69, 9.17) is 0 Å². The van der Waals surface area contributed by atoms with Gasteiger partial charge in [-0.25, -0.2) is 0 Å². The summed E-state index contributed by atoms with van der Waals surface area (Å²) < 4.78 is 0. The van der Waals surface area contributed by atoms with Crippen molar-refractivity contribution in [3.05, 3.63) is 29.8 Å². The molecule has 0 heterocycles. The zero-order valence-corrected chi connectivity index (χ0v) is 9.86. The van der Waals surface area contributed by atoms with Gasteiger partial charge < -0.3 is 0 Å². The first-order chi connectivity index (χ1) is 5.54. The lowest BCUT2D eigenvalue weighted by Gasteiger charge is -2.16. The van der Waals surface area contributed by atoms with Crippen molar-refractivity contribution < 1.29 is 0 Å². The van der Waals surface area contributed by atoms with Crippen molar-refractivity contribution in [1.82, 2.24) is 0 Å². The highest BCUT2D eigenvalue weighted by Crippen LogP contribution is 2.06. The lowest BCUT2D eigenvalue weighted by molar-refractivity contribution is 1.44. The van der Waals surface area contributed by atoms with Crippen molar-refractivity contribution in [3.8, 4) is 0 Å². The Labute approximate surface area is 81.4 Å². The maximum absolute atomic E-state index is 4.27. The summed E-state index contributed by atoms with van der Waals surface area (Å²) in [6.45, 7) is 7.10. The molecule has 0 radical (unpaired) electrons. The first-order valence-corrected chi connectivity index (χ1v) is 8.37. The standard InChI is InChI=1S/C10H16SSi/c1-12(2,3)10-6-4-5-9(7-10)8-11/h4-7,11H,8H2,1-3H3. The summed E-state index contributed by atoms with van der Waals surface area (Å²) in [5.74, 6) is 0.846. The average Bonchev–Trinajstić information content (AvgIpc) is 2.03. The van der Waals surface area contributed by atoms with Crippen molar-refractivity contribution in [2.75, 3.05) is 0 Å². The first kappa shape index (κ1) is 9.87. The summed E-state index contributed by atoms with van der Waals surface area (Å²) >= 11 is 4.27. The molecule has 1 aromatic carbocycles. The monoisotopic (exact) mass is 196 g/mol. The fourth-order valence-electron chi connectivity index (χ4n) is 1.14. The van der Waals surface area contributed by atoms with Crippen LogP contribution in [0.5, 0.6) is 0 Å². The fourth-order valence-corrected chi connectivity index (χ4v) is 2.55. The number of rotatable bonds is 2. The summed E-state index contributed by atoms with van der Waals surface area (Å²) in [7, 11) is -1.11. The summed E-state index contributed by atoms with van der Waals surface area (Å²) in [5, 5.41) is 1.52. The maximum Gasteiger partial charge on any atom is 0.0776 e. The van der Waals surface area contributed by atoms with Gasteiger partial charge in [0.2, 0.25) is 0 Å². The Kier molecular flexibility index (Phi) is 3.02. The summed E-state index contributed by atoms with van der Waals surface area (Å²) in [5.41, 5.74) is 1.33. The summed E-state index contributed by atoms with van der Waals surface area (Å²) in [6.07, 6.45) is 0. The highest BCUT2D eigenvalue weighted by molar-refractivity contribution is 7.79. The molecule has 0 N–H and O–H groups in total. The molecule has 12 heavy (non-hydrogen) atoms. The molecule has 1 aromatic rings. The third-order valence-electron chi connectivity index (χ3n) is 1.98. The first-order valence-electron chi connectivity index (χ1n) is 4.24. The Bertz CT molecular complexity index is 263. The van der Waals surface area contributed by atoms with Crippen LogP contribution in [0.2, 0.25) is 19.6 Å². The van der Waals surface area contributed by atoms with Gasteiger partial charge in [-0.2, -0.15) is 12.6 Å². The van der Waals surface area contributed by atoms with Crippen molar-refractivity contribution in [1.29, 1.82) is 0 Å². The molecular formula is C10H16SSi. The Morgan fingerprint density at radius 1 is 1.25 bits per heavy atom. The Morgan fingerprint density at radius 3 is 2.42 bits per heavy atom. The Morgan fingerprint density at radius 2 is 1.92 bits per heavy atom. The fraction of sp³-hybridized carbons (Fsp3) is 0.400. The van der Waals surface area contributed by atoms with E-state index in [1.165, 1.54) is 10.8 Å². The normalized spacial score (nSPS) is 11.7. The molecule has 0 amide bonds. The van der Waals surface area contributed by atoms with Gasteiger partial charge in [0.25, 0.3) is 0 Å². The smallest absolute Gasteiger partial charge is 0.0776 e. The van der Waals surface area contributed by atoms with Gasteiger partial charge in [-0.1, -0.05) is 49.1 Å². The predicted molar refractivity (Wildman–Crippen MR) is 62.1 cm³/mol. The molecule has 0 nitrogen and oxygen atoms in total. The molecule has 0 atom stereocenters. The maximum atomic E-state index is 4.27. The van der Waals surface area contributed by atoms with E-state index in [0.29, 0.717) is 0 Å². The number of thiol groups is 1. The van der Waals surface area contributed by atoms with Gasteiger partial charge in [0.05, 0.1) is 8.07 Å². The van der Waals surface area contributed by atoms with E-state index in [-0.39, 0.29) is 0 Å². The SMILES string of the molecule is C[Si](C)(C)c1cccc(CS)c1. The van der Waals surface area contributed by atoms with Crippen molar-refractivity contribution in [2.24, 2.45) is 0 Å². The largest absolute Gasteiger partial charge is 0.175 e. The summed E-state index contributed by atoms with van der Waals surface area (Å²) in [4.78, 5) is 0. The van der Waals surface area contributed by atoms with Gasteiger partial charge in [0.15, 0.2) is 0 Å². The van der Waals surface area contributed by atoms with Gasteiger partial charge in [0, 0.05) is 5.75 Å². The molecule has 0 saturated carbocycles. The third-order valence-corrected chi connectivity index (χ3v) is 4.38. The highest BCUT2D eigenvalue weighted by atomic mass is 32.1. The van der Waals surface area contributed by atoms with Crippen LogP contribution in [0.1, 0.15) is 5.56 Å². The molecular weight excluding hydrogens is 180 g/mol.